The molecule has 104 valence electrons. The van der Waals surface area contributed by atoms with Crippen LogP contribution < -0.4 is 0 Å². The molecule has 1 aromatic carbocycles. The highest BCUT2D eigenvalue weighted by Crippen LogP contribution is 2.41. The fourth-order valence-corrected chi connectivity index (χ4v) is 2.52. The van der Waals surface area contributed by atoms with Crippen molar-refractivity contribution in [3.63, 3.8) is 0 Å². The third kappa shape index (κ3) is 2.87. The summed E-state index contributed by atoms with van der Waals surface area (Å²) in [4.78, 5) is 0. The molecule has 0 N–H and O–H groups in total. The van der Waals surface area contributed by atoms with Gasteiger partial charge in [-0.1, -0.05) is 43.7 Å². The molecule has 0 aromatic heterocycles. The quantitative estimate of drug-likeness (QED) is 0.755. The maximum atomic E-state index is 6.21. The SMILES string of the molecule is CCCC(B1OC(C)(C)C(C)(C)O1)c1ccccc1. The van der Waals surface area contributed by atoms with Gasteiger partial charge in [-0.2, -0.15) is 0 Å². The first-order chi connectivity index (χ1) is 8.87. The largest absolute Gasteiger partial charge is 0.465 e. The molecular formula is C16H25BO2. The molecule has 1 heterocycles. The van der Waals surface area contributed by atoms with Gasteiger partial charge in [0, 0.05) is 5.82 Å². The summed E-state index contributed by atoms with van der Waals surface area (Å²) < 4.78 is 12.4. The van der Waals surface area contributed by atoms with Gasteiger partial charge in [0.2, 0.25) is 0 Å². The van der Waals surface area contributed by atoms with Crippen molar-refractivity contribution in [3.05, 3.63) is 35.9 Å². The molecule has 1 fully saturated rings. The number of hydrogen-bond donors (Lipinski definition) is 0. The second-order valence-electron chi connectivity index (χ2n) is 6.43. The predicted octanol–water partition coefficient (Wildman–Crippen LogP) is 4.20. The molecule has 0 bridgehead atoms. The monoisotopic (exact) mass is 260 g/mol. The van der Waals surface area contributed by atoms with Gasteiger partial charge in [-0.05, 0) is 39.7 Å². The van der Waals surface area contributed by atoms with Gasteiger partial charge in [-0.3, -0.25) is 0 Å². The van der Waals surface area contributed by atoms with Crippen LogP contribution >= 0.6 is 0 Å². The Morgan fingerprint density at radius 3 is 2.00 bits per heavy atom. The molecule has 1 unspecified atom stereocenters. The first-order valence-electron chi connectivity index (χ1n) is 7.28. The van der Waals surface area contributed by atoms with Crippen molar-refractivity contribution in [3.8, 4) is 0 Å². The van der Waals surface area contributed by atoms with Gasteiger partial charge in [0.15, 0.2) is 0 Å². The summed E-state index contributed by atoms with van der Waals surface area (Å²) >= 11 is 0. The molecule has 0 radical (unpaired) electrons. The van der Waals surface area contributed by atoms with E-state index in [1.54, 1.807) is 0 Å². The molecule has 1 aliphatic rings. The third-order valence-electron chi connectivity index (χ3n) is 4.43. The molecule has 1 aromatic rings. The van der Waals surface area contributed by atoms with Gasteiger partial charge in [0.1, 0.15) is 0 Å². The summed E-state index contributed by atoms with van der Waals surface area (Å²) in [7, 11) is -0.146. The van der Waals surface area contributed by atoms with Crippen LogP contribution in [-0.2, 0) is 9.31 Å². The van der Waals surface area contributed by atoms with E-state index >= 15 is 0 Å². The molecule has 2 rings (SSSR count). The van der Waals surface area contributed by atoms with Crippen molar-refractivity contribution in [2.75, 3.05) is 0 Å². The molecule has 19 heavy (non-hydrogen) atoms. The highest BCUT2D eigenvalue weighted by Gasteiger charge is 2.53. The van der Waals surface area contributed by atoms with E-state index in [4.69, 9.17) is 9.31 Å². The Labute approximate surface area is 117 Å². The average Bonchev–Trinajstić information content (AvgIpc) is 2.56. The molecule has 0 spiro atoms. The van der Waals surface area contributed by atoms with Gasteiger partial charge in [0.05, 0.1) is 11.2 Å². The molecule has 1 atom stereocenters. The lowest BCUT2D eigenvalue weighted by atomic mass is 9.66. The topological polar surface area (TPSA) is 18.5 Å². The first-order valence-corrected chi connectivity index (χ1v) is 7.28. The Kier molecular flexibility index (Phi) is 4.07. The Morgan fingerprint density at radius 1 is 1.00 bits per heavy atom. The maximum absolute atomic E-state index is 6.21. The summed E-state index contributed by atoms with van der Waals surface area (Å²) in [5, 5.41) is 0. The van der Waals surface area contributed by atoms with Crippen LogP contribution in [0.3, 0.4) is 0 Å². The second-order valence-corrected chi connectivity index (χ2v) is 6.43. The smallest absolute Gasteiger partial charge is 0.403 e. The van der Waals surface area contributed by atoms with Crippen molar-refractivity contribution in [2.24, 2.45) is 0 Å². The fraction of sp³-hybridized carbons (Fsp3) is 0.625. The number of benzene rings is 1. The van der Waals surface area contributed by atoms with Crippen molar-refractivity contribution in [1.29, 1.82) is 0 Å². The van der Waals surface area contributed by atoms with Crippen LogP contribution in [-0.4, -0.2) is 18.3 Å². The lowest BCUT2D eigenvalue weighted by Gasteiger charge is -2.32. The summed E-state index contributed by atoms with van der Waals surface area (Å²) in [6.07, 6.45) is 2.21. The Hall–Kier alpha value is -0.795. The highest BCUT2D eigenvalue weighted by atomic mass is 16.7. The van der Waals surface area contributed by atoms with Crippen LogP contribution in [0.1, 0.15) is 58.8 Å². The van der Waals surface area contributed by atoms with E-state index in [0.717, 1.165) is 12.8 Å². The van der Waals surface area contributed by atoms with Crippen LogP contribution in [0.25, 0.3) is 0 Å². The van der Waals surface area contributed by atoms with E-state index in [9.17, 15) is 0 Å². The molecule has 1 aliphatic heterocycles. The minimum Gasteiger partial charge on any atom is -0.403 e. The Morgan fingerprint density at radius 2 is 1.53 bits per heavy atom. The molecule has 0 amide bonds. The molecular weight excluding hydrogens is 235 g/mol. The van der Waals surface area contributed by atoms with Crippen LogP contribution in [0.5, 0.6) is 0 Å². The first kappa shape index (κ1) is 14.6. The lowest BCUT2D eigenvalue weighted by molar-refractivity contribution is 0.00578. The van der Waals surface area contributed by atoms with Crippen LogP contribution in [0.2, 0.25) is 0 Å². The summed E-state index contributed by atoms with van der Waals surface area (Å²) in [5.74, 6) is 0.312. The predicted molar refractivity (Wildman–Crippen MR) is 80.2 cm³/mol. The average molecular weight is 260 g/mol. The van der Waals surface area contributed by atoms with Gasteiger partial charge >= 0.3 is 7.12 Å². The molecule has 2 nitrogen and oxygen atoms in total. The van der Waals surface area contributed by atoms with Gasteiger partial charge < -0.3 is 9.31 Å². The van der Waals surface area contributed by atoms with Crippen molar-refractivity contribution < 1.29 is 9.31 Å². The molecule has 1 saturated heterocycles. The Bertz CT molecular complexity index is 398. The maximum Gasteiger partial charge on any atom is 0.465 e. The van der Waals surface area contributed by atoms with E-state index in [1.165, 1.54) is 5.56 Å². The fourth-order valence-electron chi connectivity index (χ4n) is 2.52. The van der Waals surface area contributed by atoms with Crippen LogP contribution in [0.4, 0.5) is 0 Å². The zero-order valence-electron chi connectivity index (χ0n) is 12.8. The van der Waals surface area contributed by atoms with E-state index in [2.05, 4.69) is 65.0 Å². The van der Waals surface area contributed by atoms with Crippen molar-refractivity contribution in [2.45, 2.75) is 64.5 Å². The molecule has 0 saturated carbocycles. The summed E-state index contributed by atoms with van der Waals surface area (Å²) in [6.45, 7) is 10.7. The zero-order valence-corrected chi connectivity index (χ0v) is 12.8. The standard InChI is InChI=1S/C16H25BO2/c1-6-10-14(13-11-8-7-9-12-13)17-18-15(2,3)16(4,5)19-17/h7-9,11-12,14H,6,10H2,1-5H3. The number of hydrogen-bond acceptors (Lipinski definition) is 2. The van der Waals surface area contributed by atoms with Crippen LogP contribution in [0, 0.1) is 0 Å². The minimum atomic E-state index is -0.252. The summed E-state index contributed by atoms with van der Waals surface area (Å²) in [5.41, 5.74) is 0.805. The van der Waals surface area contributed by atoms with E-state index < -0.39 is 0 Å². The summed E-state index contributed by atoms with van der Waals surface area (Å²) in [6, 6.07) is 10.6. The van der Waals surface area contributed by atoms with Crippen LogP contribution in [0.15, 0.2) is 30.3 Å². The Balaban J connectivity index is 2.23. The third-order valence-corrected chi connectivity index (χ3v) is 4.43. The second kappa shape index (κ2) is 5.30. The highest BCUT2D eigenvalue weighted by molar-refractivity contribution is 6.47. The minimum absolute atomic E-state index is 0.146. The van der Waals surface area contributed by atoms with E-state index in [-0.39, 0.29) is 18.3 Å². The molecule has 3 heteroatoms. The molecule has 0 aliphatic carbocycles. The number of rotatable bonds is 4. The normalized spacial score (nSPS) is 22.5. The van der Waals surface area contributed by atoms with E-state index in [0.29, 0.717) is 5.82 Å². The van der Waals surface area contributed by atoms with Crippen molar-refractivity contribution in [1.82, 2.24) is 0 Å². The lowest BCUT2D eigenvalue weighted by Crippen LogP contribution is -2.41. The zero-order chi connectivity index (χ0) is 14.1. The van der Waals surface area contributed by atoms with E-state index in [1.807, 2.05) is 0 Å². The van der Waals surface area contributed by atoms with Gasteiger partial charge in [-0.15, -0.1) is 0 Å². The van der Waals surface area contributed by atoms with Gasteiger partial charge in [0.25, 0.3) is 0 Å². The van der Waals surface area contributed by atoms with Crippen molar-refractivity contribution >= 4 is 7.12 Å². The van der Waals surface area contributed by atoms with Gasteiger partial charge in [-0.25, -0.2) is 0 Å².